The molecule has 0 aliphatic heterocycles. The summed E-state index contributed by atoms with van der Waals surface area (Å²) in [7, 11) is 0. The van der Waals surface area contributed by atoms with E-state index in [1.807, 2.05) is 0 Å². The highest BCUT2D eigenvalue weighted by atomic mass is 16.5. The summed E-state index contributed by atoms with van der Waals surface area (Å²) in [4.78, 5) is 37.3. The van der Waals surface area contributed by atoms with E-state index in [-0.39, 0.29) is 24.2 Å². The summed E-state index contributed by atoms with van der Waals surface area (Å²) in [5, 5.41) is 2.66. The van der Waals surface area contributed by atoms with Crippen molar-refractivity contribution >= 4 is 23.3 Å². The van der Waals surface area contributed by atoms with Crippen LogP contribution in [0.1, 0.15) is 51.9 Å². The molecule has 26 heavy (non-hydrogen) atoms. The number of ketones is 1. The largest absolute Gasteiger partial charge is 0.482 e. The molecule has 0 bridgehead atoms. The van der Waals surface area contributed by atoms with E-state index >= 15 is 0 Å². The fraction of sp³-hybridized carbons (Fsp3) is 0.550. The zero-order valence-electron chi connectivity index (χ0n) is 16.6. The molecule has 0 unspecified atom stereocenters. The van der Waals surface area contributed by atoms with Crippen LogP contribution in [0.3, 0.4) is 0 Å². The number of nitrogens with one attached hydrogen (secondary N) is 1. The molecule has 6 nitrogen and oxygen atoms in total. The van der Waals surface area contributed by atoms with Crippen molar-refractivity contribution in [2.45, 2.75) is 41.5 Å². The van der Waals surface area contributed by atoms with Crippen LogP contribution in [0.2, 0.25) is 0 Å². The van der Waals surface area contributed by atoms with E-state index in [4.69, 9.17) is 4.74 Å². The summed E-state index contributed by atoms with van der Waals surface area (Å²) in [5.41, 5.74) is 0.900. The number of hydrogen-bond acceptors (Lipinski definition) is 4. The maximum Gasteiger partial charge on any atom is 0.260 e. The highest BCUT2D eigenvalue weighted by Crippen LogP contribution is 2.26. The summed E-state index contributed by atoms with van der Waals surface area (Å²) in [5.74, 6) is 0.543. The van der Waals surface area contributed by atoms with Gasteiger partial charge in [0.25, 0.3) is 5.91 Å². The van der Waals surface area contributed by atoms with E-state index < -0.39 is 0 Å². The Morgan fingerprint density at radius 3 is 2.08 bits per heavy atom. The van der Waals surface area contributed by atoms with Gasteiger partial charge in [-0.1, -0.05) is 27.7 Å². The Kier molecular flexibility index (Phi) is 8.29. The van der Waals surface area contributed by atoms with Crippen LogP contribution in [0.15, 0.2) is 18.2 Å². The average molecular weight is 362 g/mol. The van der Waals surface area contributed by atoms with E-state index in [0.717, 1.165) is 0 Å². The van der Waals surface area contributed by atoms with Crippen LogP contribution < -0.4 is 10.1 Å². The molecule has 0 aliphatic rings. The lowest BCUT2D eigenvalue weighted by Gasteiger charge is -2.26. The number of Topliss-reactive ketones (excluding diaryl/α,β-unsaturated/α-hetero) is 1. The smallest absolute Gasteiger partial charge is 0.260 e. The predicted octanol–water partition coefficient (Wildman–Crippen LogP) is 3.37. The Hall–Kier alpha value is -2.37. The van der Waals surface area contributed by atoms with Crippen molar-refractivity contribution in [1.82, 2.24) is 4.90 Å². The summed E-state index contributed by atoms with van der Waals surface area (Å²) in [6, 6.07) is 4.78. The molecular formula is C20H30N2O4. The first-order valence-corrected chi connectivity index (χ1v) is 8.93. The third-order valence-corrected chi connectivity index (χ3v) is 3.57. The highest BCUT2D eigenvalue weighted by molar-refractivity contribution is 5.96. The zero-order valence-corrected chi connectivity index (χ0v) is 16.6. The van der Waals surface area contributed by atoms with Crippen LogP contribution in [-0.2, 0) is 9.59 Å². The first kappa shape index (κ1) is 21.7. The van der Waals surface area contributed by atoms with Gasteiger partial charge in [0.2, 0.25) is 5.91 Å². The lowest BCUT2D eigenvalue weighted by Crippen LogP contribution is -2.39. The van der Waals surface area contributed by atoms with Crippen molar-refractivity contribution in [3.8, 4) is 5.75 Å². The lowest BCUT2D eigenvalue weighted by atomic mass is 10.1. The fourth-order valence-electron chi connectivity index (χ4n) is 2.54. The maximum atomic E-state index is 12.6. The Bertz CT molecular complexity index is 643. The van der Waals surface area contributed by atoms with Gasteiger partial charge in [-0.2, -0.15) is 0 Å². The van der Waals surface area contributed by atoms with Crippen LogP contribution >= 0.6 is 0 Å². The van der Waals surface area contributed by atoms with Crippen LogP contribution in [-0.4, -0.2) is 42.2 Å². The number of anilines is 1. The summed E-state index contributed by atoms with van der Waals surface area (Å²) in [6.45, 7) is 12.3. The zero-order chi connectivity index (χ0) is 19.9. The van der Waals surface area contributed by atoms with Crippen molar-refractivity contribution in [1.29, 1.82) is 0 Å². The van der Waals surface area contributed by atoms with Crippen molar-refractivity contribution in [2.75, 3.05) is 25.0 Å². The first-order valence-electron chi connectivity index (χ1n) is 8.93. The van der Waals surface area contributed by atoms with Gasteiger partial charge in [-0.15, -0.1) is 0 Å². The van der Waals surface area contributed by atoms with Gasteiger partial charge in [0.05, 0.1) is 5.69 Å². The second-order valence-electron chi connectivity index (χ2n) is 7.32. The molecule has 144 valence electrons. The molecule has 0 atom stereocenters. The van der Waals surface area contributed by atoms with Crippen molar-refractivity contribution in [2.24, 2.45) is 11.8 Å². The molecule has 0 saturated carbocycles. The Morgan fingerprint density at radius 2 is 1.62 bits per heavy atom. The SMILES string of the molecule is CC(=O)Nc1ccc(C(C)=O)cc1OCC(=O)N(CC(C)C)CC(C)C. The number of rotatable bonds is 9. The molecule has 0 fully saturated rings. The van der Waals surface area contributed by atoms with Crippen LogP contribution in [0, 0.1) is 11.8 Å². The maximum absolute atomic E-state index is 12.6. The van der Waals surface area contributed by atoms with E-state index in [9.17, 15) is 14.4 Å². The standard InChI is InChI=1S/C20H30N2O4/c1-13(2)10-22(11-14(3)4)20(25)12-26-19-9-17(15(5)23)7-8-18(19)21-16(6)24/h7-9,13-14H,10-12H2,1-6H3,(H,21,24). The van der Waals surface area contributed by atoms with Gasteiger partial charge in [-0.3, -0.25) is 14.4 Å². The Balaban J connectivity index is 2.94. The quantitative estimate of drug-likeness (QED) is 0.684. The number of carbonyl (C=O) groups excluding carboxylic acids is 3. The van der Waals surface area contributed by atoms with Crippen LogP contribution in [0.4, 0.5) is 5.69 Å². The lowest BCUT2D eigenvalue weighted by molar-refractivity contribution is -0.134. The van der Waals surface area contributed by atoms with Crippen molar-refractivity contribution < 1.29 is 19.1 Å². The van der Waals surface area contributed by atoms with Gasteiger partial charge in [0.1, 0.15) is 5.75 Å². The number of amides is 2. The van der Waals surface area contributed by atoms with Gasteiger partial charge in [0.15, 0.2) is 12.4 Å². The second-order valence-corrected chi connectivity index (χ2v) is 7.32. The predicted molar refractivity (Wildman–Crippen MR) is 103 cm³/mol. The number of carbonyl (C=O) groups is 3. The number of benzene rings is 1. The normalized spacial score (nSPS) is 10.8. The molecule has 1 N–H and O–H groups in total. The molecule has 0 aliphatic carbocycles. The van der Waals surface area contributed by atoms with Crippen LogP contribution in [0.5, 0.6) is 5.75 Å². The van der Waals surface area contributed by atoms with E-state index in [2.05, 4.69) is 33.0 Å². The molecular weight excluding hydrogens is 332 g/mol. The third-order valence-electron chi connectivity index (χ3n) is 3.57. The van der Waals surface area contributed by atoms with Gasteiger partial charge in [-0.05, 0) is 37.0 Å². The molecule has 6 heteroatoms. The molecule has 0 heterocycles. The highest BCUT2D eigenvalue weighted by Gasteiger charge is 2.18. The third kappa shape index (κ3) is 7.25. The minimum Gasteiger partial charge on any atom is -0.482 e. The number of nitrogens with zero attached hydrogens (tertiary/aromatic N) is 1. The topological polar surface area (TPSA) is 75.7 Å². The minimum absolute atomic E-state index is 0.114. The molecule has 2 amide bonds. The molecule has 1 rings (SSSR count). The van der Waals surface area contributed by atoms with Gasteiger partial charge in [-0.25, -0.2) is 0 Å². The van der Waals surface area contributed by atoms with Crippen LogP contribution in [0.25, 0.3) is 0 Å². The second kappa shape index (κ2) is 9.94. The monoisotopic (exact) mass is 362 g/mol. The van der Waals surface area contributed by atoms with E-state index in [1.54, 1.807) is 23.1 Å². The molecule has 0 spiro atoms. The molecule has 0 aromatic heterocycles. The minimum atomic E-state index is -0.252. The summed E-state index contributed by atoms with van der Waals surface area (Å²) in [6.07, 6.45) is 0. The van der Waals surface area contributed by atoms with Gasteiger partial charge < -0.3 is 15.0 Å². The average Bonchev–Trinajstić information content (AvgIpc) is 2.51. The molecule has 0 radical (unpaired) electrons. The van der Waals surface area contributed by atoms with E-state index in [1.165, 1.54) is 13.8 Å². The summed E-state index contributed by atoms with van der Waals surface area (Å²) >= 11 is 0. The van der Waals surface area contributed by atoms with Crippen molar-refractivity contribution in [3.63, 3.8) is 0 Å². The summed E-state index contributed by atoms with van der Waals surface area (Å²) < 4.78 is 5.68. The Labute approximate surface area is 155 Å². The molecule has 1 aromatic rings. The van der Waals surface area contributed by atoms with Crippen molar-refractivity contribution in [3.05, 3.63) is 23.8 Å². The molecule has 0 saturated heterocycles. The number of hydrogen-bond donors (Lipinski definition) is 1. The Morgan fingerprint density at radius 1 is 1.04 bits per heavy atom. The number of ether oxygens (including phenoxy) is 1. The molecule has 1 aromatic carbocycles. The van der Waals surface area contributed by atoms with E-state index in [0.29, 0.717) is 41.9 Å². The van der Waals surface area contributed by atoms with Gasteiger partial charge >= 0.3 is 0 Å². The fourth-order valence-corrected chi connectivity index (χ4v) is 2.54. The first-order chi connectivity index (χ1) is 12.1. The van der Waals surface area contributed by atoms with Gasteiger partial charge in [0, 0.05) is 25.6 Å².